The maximum Gasteiger partial charge on any atom is 0.307 e. The standard InChI is InChI=1S/C12H16O4/c1-7-5-10(15-3)8(2)12(16-4)9(7)6-11(13)14/h5H,6H2,1-4H3,(H,13,14). The molecule has 16 heavy (non-hydrogen) atoms. The number of hydrogen-bond acceptors (Lipinski definition) is 3. The van der Waals surface area contributed by atoms with Crippen LogP contribution in [-0.4, -0.2) is 25.3 Å². The van der Waals surface area contributed by atoms with Gasteiger partial charge in [0.1, 0.15) is 11.5 Å². The topological polar surface area (TPSA) is 55.8 Å². The third kappa shape index (κ3) is 2.27. The highest BCUT2D eigenvalue weighted by atomic mass is 16.5. The zero-order valence-corrected chi connectivity index (χ0v) is 9.96. The van der Waals surface area contributed by atoms with Gasteiger partial charge in [-0.3, -0.25) is 4.79 Å². The molecule has 0 unspecified atom stereocenters. The van der Waals surface area contributed by atoms with Crippen LogP contribution in [0.25, 0.3) is 0 Å². The highest BCUT2D eigenvalue weighted by Gasteiger charge is 2.16. The van der Waals surface area contributed by atoms with Crippen molar-refractivity contribution in [2.24, 2.45) is 0 Å². The van der Waals surface area contributed by atoms with Gasteiger partial charge < -0.3 is 14.6 Å². The van der Waals surface area contributed by atoms with E-state index in [-0.39, 0.29) is 6.42 Å². The Morgan fingerprint density at radius 3 is 2.38 bits per heavy atom. The first-order valence-corrected chi connectivity index (χ1v) is 4.94. The Bertz CT molecular complexity index is 410. The van der Waals surface area contributed by atoms with E-state index >= 15 is 0 Å². The molecule has 0 aliphatic carbocycles. The number of aryl methyl sites for hydroxylation is 1. The van der Waals surface area contributed by atoms with Crippen molar-refractivity contribution >= 4 is 5.97 Å². The fourth-order valence-electron chi connectivity index (χ4n) is 1.77. The predicted molar refractivity (Wildman–Crippen MR) is 60.4 cm³/mol. The van der Waals surface area contributed by atoms with Gasteiger partial charge in [-0.25, -0.2) is 0 Å². The van der Waals surface area contributed by atoms with E-state index in [1.54, 1.807) is 7.11 Å². The summed E-state index contributed by atoms with van der Waals surface area (Å²) in [7, 11) is 3.12. The van der Waals surface area contributed by atoms with Crippen LogP contribution in [0.1, 0.15) is 16.7 Å². The monoisotopic (exact) mass is 224 g/mol. The van der Waals surface area contributed by atoms with E-state index in [9.17, 15) is 4.79 Å². The largest absolute Gasteiger partial charge is 0.496 e. The van der Waals surface area contributed by atoms with Crippen molar-refractivity contribution in [3.63, 3.8) is 0 Å². The van der Waals surface area contributed by atoms with E-state index in [0.29, 0.717) is 17.1 Å². The number of carboxylic acids is 1. The van der Waals surface area contributed by atoms with E-state index in [2.05, 4.69) is 0 Å². The molecule has 0 amide bonds. The Morgan fingerprint density at radius 1 is 1.31 bits per heavy atom. The molecule has 0 saturated heterocycles. The van der Waals surface area contributed by atoms with Crippen molar-refractivity contribution in [1.82, 2.24) is 0 Å². The molecule has 0 spiro atoms. The minimum atomic E-state index is -0.869. The number of ether oxygens (including phenoxy) is 2. The Hall–Kier alpha value is -1.71. The van der Waals surface area contributed by atoms with E-state index < -0.39 is 5.97 Å². The number of aliphatic carboxylic acids is 1. The van der Waals surface area contributed by atoms with Crippen molar-refractivity contribution in [2.45, 2.75) is 20.3 Å². The van der Waals surface area contributed by atoms with E-state index in [1.165, 1.54) is 7.11 Å². The molecule has 4 heteroatoms. The molecule has 0 heterocycles. The maximum absolute atomic E-state index is 10.8. The SMILES string of the molecule is COc1cc(C)c(CC(=O)O)c(OC)c1C. The molecule has 1 aromatic rings. The summed E-state index contributed by atoms with van der Waals surface area (Å²) in [5.74, 6) is 0.439. The molecule has 88 valence electrons. The van der Waals surface area contributed by atoms with Gasteiger partial charge in [0.05, 0.1) is 20.6 Å². The fraction of sp³-hybridized carbons (Fsp3) is 0.417. The summed E-state index contributed by atoms with van der Waals surface area (Å²) < 4.78 is 10.5. The van der Waals surface area contributed by atoms with Crippen LogP contribution < -0.4 is 9.47 Å². The molecule has 0 aliphatic heterocycles. The van der Waals surface area contributed by atoms with Gasteiger partial charge in [-0.05, 0) is 25.5 Å². The van der Waals surface area contributed by atoms with Crippen molar-refractivity contribution in [2.75, 3.05) is 14.2 Å². The summed E-state index contributed by atoms with van der Waals surface area (Å²) in [4.78, 5) is 10.8. The maximum atomic E-state index is 10.8. The molecular formula is C12H16O4. The van der Waals surface area contributed by atoms with Gasteiger partial charge >= 0.3 is 5.97 Å². The summed E-state index contributed by atoms with van der Waals surface area (Å²) in [6.45, 7) is 3.70. The molecule has 1 aromatic carbocycles. The summed E-state index contributed by atoms with van der Waals surface area (Å²) in [6, 6.07) is 1.83. The number of benzene rings is 1. The van der Waals surface area contributed by atoms with Gasteiger partial charge in [-0.2, -0.15) is 0 Å². The lowest BCUT2D eigenvalue weighted by atomic mass is 10.00. The number of methoxy groups -OCH3 is 2. The van der Waals surface area contributed by atoms with E-state index in [0.717, 1.165) is 11.1 Å². The first-order chi connectivity index (χ1) is 7.51. The third-order valence-corrected chi connectivity index (χ3v) is 2.56. The summed E-state index contributed by atoms with van der Waals surface area (Å²) >= 11 is 0. The summed E-state index contributed by atoms with van der Waals surface area (Å²) in [5, 5.41) is 8.84. The Kier molecular flexibility index (Phi) is 3.77. The third-order valence-electron chi connectivity index (χ3n) is 2.56. The second-order valence-corrected chi connectivity index (χ2v) is 3.60. The Labute approximate surface area is 94.8 Å². The molecule has 0 aromatic heterocycles. The zero-order chi connectivity index (χ0) is 12.3. The number of rotatable bonds is 4. The van der Waals surface area contributed by atoms with Crippen molar-refractivity contribution in [3.05, 3.63) is 22.8 Å². The van der Waals surface area contributed by atoms with Crippen LogP contribution in [0.15, 0.2) is 6.07 Å². The van der Waals surface area contributed by atoms with Gasteiger partial charge in [-0.1, -0.05) is 0 Å². The summed E-state index contributed by atoms with van der Waals surface area (Å²) in [6.07, 6.45) is -0.0418. The van der Waals surface area contributed by atoms with E-state index in [4.69, 9.17) is 14.6 Å². The molecule has 0 aliphatic rings. The average Bonchev–Trinajstić information content (AvgIpc) is 2.23. The molecule has 0 bridgehead atoms. The lowest BCUT2D eigenvalue weighted by molar-refractivity contribution is -0.136. The van der Waals surface area contributed by atoms with Gasteiger partial charge in [0.2, 0.25) is 0 Å². The minimum absolute atomic E-state index is 0.0418. The highest BCUT2D eigenvalue weighted by Crippen LogP contribution is 2.34. The highest BCUT2D eigenvalue weighted by molar-refractivity contribution is 5.73. The number of carboxylic acid groups (broad SMARTS) is 1. The molecule has 0 fully saturated rings. The van der Waals surface area contributed by atoms with Gasteiger partial charge in [0, 0.05) is 11.1 Å². The fourth-order valence-corrected chi connectivity index (χ4v) is 1.77. The first kappa shape index (κ1) is 12.4. The molecule has 0 atom stereocenters. The average molecular weight is 224 g/mol. The molecule has 1 N–H and O–H groups in total. The summed E-state index contributed by atoms with van der Waals surface area (Å²) in [5.41, 5.74) is 2.39. The second kappa shape index (κ2) is 4.88. The predicted octanol–water partition coefficient (Wildman–Crippen LogP) is 1.95. The zero-order valence-electron chi connectivity index (χ0n) is 9.96. The normalized spacial score (nSPS) is 10.0. The van der Waals surface area contributed by atoms with Crippen LogP contribution in [0.2, 0.25) is 0 Å². The van der Waals surface area contributed by atoms with Gasteiger partial charge in [0.25, 0.3) is 0 Å². The van der Waals surface area contributed by atoms with Crippen molar-refractivity contribution in [3.8, 4) is 11.5 Å². The lowest BCUT2D eigenvalue weighted by Crippen LogP contribution is -2.06. The lowest BCUT2D eigenvalue weighted by Gasteiger charge is -2.16. The van der Waals surface area contributed by atoms with E-state index in [1.807, 2.05) is 19.9 Å². The minimum Gasteiger partial charge on any atom is -0.496 e. The van der Waals surface area contributed by atoms with Crippen LogP contribution in [0.3, 0.4) is 0 Å². The Balaban J connectivity index is 3.36. The number of hydrogen-bond donors (Lipinski definition) is 1. The van der Waals surface area contributed by atoms with Crippen molar-refractivity contribution < 1.29 is 19.4 Å². The van der Waals surface area contributed by atoms with Crippen LogP contribution in [0, 0.1) is 13.8 Å². The smallest absolute Gasteiger partial charge is 0.307 e. The van der Waals surface area contributed by atoms with Gasteiger partial charge in [0.15, 0.2) is 0 Å². The molecule has 4 nitrogen and oxygen atoms in total. The molecule has 0 radical (unpaired) electrons. The quantitative estimate of drug-likeness (QED) is 0.849. The molecule has 1 rings (SSSR count). The van der Waals surface area contributed by atoms with Crippen molar-refractivity contribution in [1.29, 1.82) is 0 Å². The van der Waals surface area contributed by atoms with Crippen LogP contribution in [-0.2, 0) is 11.2 Å². The molecule has 0 saturated carbocycles. The second-order valence-electron chi connectivity index (χ2n) is 3.60. The molecular weight excluding hydrogens is 208 g/mol. The van der Waals surface area contributed by atoms with Crippen LogP contribution >= 0.6 is 0 Å². The first-order valence-electron chi connectivity index (χ1n) is 4.94. The van der Waals surface area contributed by atoms with Crippen LogP contribution in [0.4, 0.5) is 0 Å². The van der Waals surface area contributed by atoms with Crippen LogP contribution in [0.5, 0.6) is 11.5 Å². The number of carbonyl (C=O) groups is 1. The Morgan fingerprint density at radius 2 is 1.94 bits per heavy atom. The van der Waals surface area contributed by atoms with Gasteiger partial charge in [-0.15, -0.1) is 0 Å².